The van der Waals surface area contributed by atoms with Crippen LogP contribution in [0.5, 0.6) is 0 Å². The molecule has 130 valence electrons. The van der Waals surface area contributed by atoms with Crippen LogP contribution in [0.4, 0.5) is 0 Å². The molecule has 4 nitrogen and oxygen atoms in total. The number of rotatable bonds is 4. The highest BCUT2D eigenvalue weighted by atomic mass is 16.4. The van der Waals surface area contributed by atoms with Crippen LogP contribution < -0.4 is 0 Å². The zero-order chi connectivity index (χ0) is 18.3. The fourth-order valence-corrected chi connectivity index (χ4v) is 3.20. The van der Waals surface area contributed by atoms with E-state index in [-0.39, 0.29) is 5.56 Å². The van der Waals surface area contributed by atoms with Crippen LogP contribution in [0.25, 0.3) is 33.3 Å². The number of hydrogen-bond acceptors (Lipinski definition) is 3. The maximum Gasteiger partial charge on any atom is 0.336 e. The third-order valence-electron chi connectivity index (χ3n) is 4.92. The second-order valence-corrected chi connectivity index (χ2v) is 6.59. The summed E-state index contributed by atoms with van der Waals surface area (Å²) in [5.41, 5.74) is 3.32. The summed E-state index contributed by atoms with van der Waals surface area (Å²) < 4.78 is 5.86. The van der Waals surface area contributed by atoms with E-state index >= 15 is 0 Å². The Hall–Kier alpha value is -3.14. The normalized spacial score (nSPS) is 12.5. The number of para-hydroxylation sites is 1. The molecule has 0 amide bonds. The Balaban J connectivity index is 1.93. The lowest BCUT2D eigenvalue weighted by Crippen LogP contribution is -2.01. The highest BCUT2D eigenvalue weighted by molar-refractivity contribution is 6.04. The second kappa shape index (κ2) is 6.30. The Morgan fingerprint density at radius 1 is 1.15 bits per heavy atom. The lowest BCUT2D eigenvalue weighted by atomic mass is 9.95. The van der Waals surface area contributed by atoms with Gasteiger partial charge < -0.3 is 9.52 Å². The number of benzene rings is 2. The first-order chi connectivity index (χ1) is 12.6. The molecule has 0 bridgehead atoms. The van der Waals surface area contributed by atoms with Crippen LogP contribution in [0.3, 0.4) is 0 Å². The molecule has 4 rings (SSSR count). The molecular formula is C22H19NO3. The predicted octanol–water partition coefficient (Wildman–Crippen LogP) is 5.86. The monoisotopic (exact) mass is 345 g/mol. The first kappa shape index (κ1) is 16.3. The molecule has 2 heterocycles. The van der Waals surface area contributed by atoms with E-state index in [0.717, 1.165) is 23.0 Å². The molecule has 2 aromatic heterocycles. The first-order valence-corrected chi connectivity index (χ1v) is 8.73. The van der Waals surface area contributed by atoms with Crippen LogP contribution in [-0.4, -0.2) is 16.1 Å². The molecule has 26 heavy (non-hydrogen) atoms. The van der Waals surface area contributed by atoms with Gasteiger partial charge in [0.15, 0.2) is 5.76 Å². The van der Waals surface area contributed by atoms with Gasteiger partial charge in [0.05, 0.1) is 11.1 Å². The fourth-order valence-electron chi connectivity index (χ4n) is 3.20. The zero-order valence-electron chi connectivity index (χ0n) is 14.7. The van der Waals surface area contributed by atoms with Crippen LogP contribution in [-0.2, 0) is 0 Å². The van der Waals surface area contributed by atoms with Gasteiger partial charge in [-0.3, -0.25) is 0 Å². The van der Waals surface area contributed by atoms with Crippen molar-refractivity contribution in [2.24, 2.45) is 0 Å². The molecule has 0 spiro atoms. The molecule has 4 heteroatoms. The summed E-state index contributed by atoms with van der Waals surface area (Å²) in [6.07, 6.45) is 0.998. The number of carbonyl (C=O) groups is 1. The average Bonchev–Trinajstić information content (AvgIpc) is 3.10. The molecule has 2 aromatic carbocycles. The van der Waals surface area contributed by atoms with Gasteiger partial charge in [0.2, 0.25) is 0 Å². The van der Waals surface area contributed by atoms with E-state index in [9.17, 15) is 9.90 Å². The van der Waals surface area contributed by atoms with Gasteiger partial charge in [0, 0.05) is 10.8 Å². The smallest absolute Gasteiger partial charge is 0.336 e. The molecule has 0 saturated carbocycles. The van der Waals surface area contributed by atoms with Gasteiger partial charge in [-0.15, -0.1) is 0 Å². The maximum absolute atomic E-state index is 11.9. The van der Waals surface area contributed by atoms with Crippen molar-refractivity contribution in [2.45, 2.75) is 26.2 Å². The van der Waals surface area contributed by atoms with Crippen molar-refractivity contribution in [1.82, 2.24) is 4.98 Å². The van der Waals surface area contributed by atoms with Gasteiger partial charge >= 0.3 is 5.97 Å². The molecule has 0 fully saturated rings. The van der Waals surface area contributed by atoms with Crippen LogP contribution in [0.1, 0.15) is 42.1 Å². The maximum atomic E-state index is 11.9. The summed E-state index contributed by atoms with van der Waals surface area (Å²) >= 11 is 0. The fraction of sp³-hybridized carbons (Fsp3) is 0.182. The first-order valence-electron chi connectivity index (χ1n) is 8.73. The highest BCUT2D eigenvalue weighted by Gasteiger charge is 2.16. The number of carboxylic acids is 1. The van der Waals surface area contributed by atoms with Gasteiger partial charge in [-0.05, 0) is 48.2 Å². The Kier molecular flexibility index (Phi) is 3.96. The molecule has 0 aliphatic heterocycles. The van der Waals surface area contributed by atoms with E-state index in [2.05, 4.69) is 18.8 Å². The molecule has 0 aliphatic rings. The number of aromatic nitrogens is 1. The van der Waals surface area contributed by atoms with E-state index in [0.29, 0.717) is 28.3 Å². The topological polar surface area (TPSA) is 63.3 Å². The number of furan rings is 1. The van der Waals surface area contributed by atoms with E-state index in [1.807, 2.05) is 48.5 Å². The summed E-state index contributed by atoms with van der Waals surface area (Å²) in [5, 5.41) is 11.4. The van der Waals surface area contributed by atoms with Crippen molar-refractivity contribution in [3.63, 3.8) is 0 Å². The van der Waals surface area contributed by atoms with Gasteiger partial charge in [-0.25, -0.2) is 9.78 Å². The van der Waals surface area contributed by atoms with Crippen molar-refractivity contribution in [3.8, 4) is 11.5 Å². The Labute approximate surface area is 151 Å². The zero-order valence-corrected chi connectivity index (χ0v) is 14.7. The van der Waals surface area contributed by atoms with Crippen molar-refractivity contribution in [1.29, 1.82) is 0 Å². The second-order valence-electron chi connectivity index (χ2n) is 6.59. The van der Waals surface area contributed by atoms with Crippen molar-refractivity contribution < 1.29 is 14.3 Å². The van der Waals surface area contributed by atoms with Gasteiger partial charge in [-0.1, -0.05) is 38.1 Å². The SMILES string of the molecule is CCC(C)c1ccc2nc(-c3cc4ccccc4o3)cc(C(=O)O)c2c1. The lowest BCUT2D eigenvalue weighted by molar-refractivity contribution is 0.0699. The highest BCUT2D eigenvalue weighted by Crippen LogP contribution is 2.31. The molecule has 1 unspecified atom stereocenters. The van der Waals surface area contributed by atoms with E-state index < -0.39 is 5.97 Å². The van der Waals surface area contributed by atoms with E-state index in [1.54, 1.807) is 6.07 Å². The summed E-state index contributed by atoms with van der Waals surface area (Å²) in [7, 11) is 0. The average molecular weight is 345 g/mol. The molecular weight excluding hydrogens is 326 g/mol. The minimum absolute atomic E-state index is 0.246. The standard InChI is InChI=1S/C22H19NO3/c1-3-13(2)14-8-9-18-16(10-14)17(22(24)25)12-19(23-18)21-11-15-6-4-5-7-20(15)26-21/h4-13H,3H2,1-2H3,(H,24,25). The molecule has 0 saturated heterocycles. The van der Waals surface area contributed by atoms with Crippen LogP contribution >= 0.6 is 0 Å². The lowest BCUT2D eigenvalue weighted by Gasteiger charge is -2.11. The summed E-state index contributed by atoms with van der Waals surface area (Å²) in [5.74, 6) is -0.0197. The Morgan fingerprint density at radius 2 is 1.96 bits per heavy atom. The van der Waals surface area contributed by atoms with Crippen LogP contribution in [0.15, 0.2) is 59.0 Å². The molecule has 0 aliphatic carbocycles. The van der Waals surface area contributed by atoms with Gasteiger partial charge in [0.25, 0.3) is 0 Å². The summed E-state index contributed by atoms with van der Waals surface area (Å²) in [6, 6.07) is 17.0. The molecule has 1 atom stereocenters. The quantitative estimate of drug-likeness (QED) is 0.503. The summed E-state index contributed by atoms with van der Waals surface area (Å²) in [6.45, 7) is 4.26. The van der Waals surface area contributed by atoms with E-state index in [1.165, 1.54) is 0 Å². The van der Waals surface area contributed by atoms with E-state index in [4.69, 9.17) is 4.42 Å². The molecule has 4 aromatic rings. The van der Waals surface area contributed by atoms with Crippen molar-refractivity contribution in [3.05, 3.63) is 65.7 Å². The van der Waals surface area contributed by atoms with Gasteiger partial charge in [-0.2, -0.15) is 0 Å². The predicted molar refractivity (Wildman–Crippen MR) is 103 cm³/mol. The summed E-state index contributed by atoms with van der Waals surface area (Å²) in [4.78, 5) is 16.5. The third-order valence-corrected chi connectivity index (χ3v) is 4.92. The molecule has 0 radical (unpaired) electrons. The van der Waals surface area contributed by atoms with Crippen molar-refractivity contribution >= 4 is 27.8 Å². The number of carboxylic acid groups (broad SMARTS) is 1. The number of aromatic carboxylic acids is 1. The largest absolute Gasteiger partial charge is 0.478 e. The van der Waals surface area contributed by atoms with Gasteiger partial charge in [0.1, 0.15) is 11.3 Å². The number of hydrogen-bond donors (Lipinski definition) is 1. The number of fused-ring (bicyclic) bond motifs is 2. The molecule has 1 N–H and O–H groups in total. The third kappa shape index (κ3) is 2.73. The number of nitrogens with zero attached hydrogens (tertiary/aromatic N) is 1. The Bertz CT molecular complexity index is 1090. The number of pyridine rings is 1. The van der Waals surface area contributed by atoms with Crippen LogP contribution in [0.2, 0.25) is 0 Å². The van der Waals surface area contributed by atoms with Crippen molar-refractivity contribution in [2.75, 3.05) is 0 Å². The Morgan fingerprint density at radius 3 is 2.69 bits per heavy atom. The minimum Gasteiger partial charge on any atom is -0.478 e. The van der Waals surface area contributed by atoms with Crippen LogP contribution in [0, 0.1) is 0 Å². The minimum atomic E-state index is -0.962.